The molecule has 0 aliphatic heterocycles. The van der Waals surface area contributed by atoms with Gasteiger partial charge in [-0.1, -0.05) is 16.8 Å². The number of hydrogen-bond acceptors (Lipinski definition) is 7. The minimum absolute atomic E-state index is 0.202. The fraction of sp³-hybridized carbons (Fsp3) is 0. The highest BCUT2D eigenvalue weighted by Crippen LogP contribution is 2.19. The standard InChI is InChI=1S/C13H7ClN6O/c14-8-1-4-11(17-6-8)12-19-13(21-20-12)18-10-3-2-9(5-15)16-7-10/h1-4,6-7H,(H,18,19,20). The summed E-state index contributed by atoms with van der Waals surface area (Å²) in [7, 11) is 0. The minimum Gasteiger partial charge on any atom is -0.315 e. The van der Waals surface area contributed by atoms with E-state index in [1.165, 1.54) is 12.4 Å². The maximum absolute atomic E-state index is 8.68. The van der Waals surface area contributed by atoms with Gasteiger partial charge in [-0.2, -0.15) is 10.2 Å². The molecule has 21 heavy (non-hydrogen) atoms. The van der Waals surface area contributed by atoms with Crippen molar-refractivity contribution >= 4 is 23.3 Å². The van der Waals surface area contributed by atoms with E-state index in [-0.39, 0.29) is 6.01 Å². The lowest BCUT2D eigenvalue weighted by Crippen LogP contribution is -1.92. The van der Waals surface area contributed by atoms with Crippen molar-refractivity contribution in [3.63, 3.8) is 0 Å². The summed E-state index contributed by atoms with van der Waals surface area (Å²) in [5.41, 5.74) is 1.51. The van der Waals surface area contributed by atoms with E-state index in [4.69, 9.17) is 21.4 Å². The van der Waals surface area contributed by atoms with Crippen LogP contribution in [0.1, 0.15) is 5.69 Å². The lowest BCUT2D eigenvalue weighted by Gasteiger charge is -1.98. The first-order valence-corrected chi connectivity index (χ1v) is 6.21. The van der Waals surface area contributed by atoms with E-state index in [1.54, 1.807) is 24.3 Å². The Morgan fingerprint density at radius 2 is 2.05 bits per heavy atom. The molecule has 0 bridgehead atoms. The van der Waals surface area contributed by atoms with Crippen LogP contribution in [0.5, 0.6) is 0 Å². The van der Waals surface area contributed by atoms with Gasteiger partial charge >= 0.3 is 6.01 Å². The molecular weight excluding hydrogens is 292 g/mol. The van der Waals surface area contributed by atoms with Crippen molar-refractivity contribution in [3.05, 3.63) is 47.4 Å². The summed E-state index contributed by atoms with van der Waals surface area (Å²) in [5, 5.41) is 15.9. The smallest absolute Gasteiger partial charge is 0.315 e. The average Bonchev–Trinajstić information content (AvgIpc) is 2.97. The van der Waals surface area contributed by atoms with E-state index in [0.29, 0.717) is 27.9 Å². The summed E-state index contributed by atoms with van der Waals surface area (Å²) >= 11 is 5.77. The Bertz CT molecular complexity index is 791. The van der Waals surface area contributed by atoms with Crippen molar-refractivity contribution in [2.75, 3.05) is 5.32 Å². The Kier molecular flexibility index (Phi) is 3.45. The van der Waals surface area contributed by atoms with Crippen LogP contribution in [0.3, 0.4) is 0 Å². The second-order valence-electron chi connectivity index (χ2n) is 3.95. The van der Waals surface area contributed by atoms with E-state index in [2.05, 4.69) is 25.4 Å². The molecule has 3 heterocycles. The van der Waals surface area contributed by atoms with Crippen molar-refractivity contribution < 1.29 is 4.52 Å². The van der Waals surface area contributed by atoms with Crippen LogP contribution in [0.25, 0.3) is 11.5 Å². The second-order valence-corrected chi connectivity index (χ2v) is 4.39. The first-order chi connectivity index (χ1) is 10.2. The minimum atomic E-state index is 0.202. The quantitative estimate of drug-likeness (QED) is 0.793. The lowest BCUT2D eigenvalue weighted by atomic mass is 10.3. The number of nitrogens with one attached hydrogen (secondary N) is 1. The Morgan fingerprint density at radius 1 is 1.14 bits per heavy atom. The van der Waals surface area contributed by atoms with Crippen LogP contribution in [0.2, 0.25) is 5.02 Å². The van der Waals surface area contributed by atoms with Gasteiger partial charge in [0.15, 0.2) is 0 Å². The van der Waals surface area contributed by atoms with Crippen molar-refractivity contribution in [2.45, 2.75) is 0 Å². The van der Waals surface area contributed by atoms with Crippen molar-refractivity contribution in [3.8, 4) is 17.6 Å². The third-order valence-electron chi connectivity index (χ3n) is 2.51. The van der Waals surface area contributed by atoms with Gasteiger partial charge in [0.25, 0.3) is 0 Å². The van der Waals surface area contributed by atoms with Crippen molar-refractivity contribution in [2.24, 2.45) is 0 Å². The first kappa shape index (κ1) is 13.0. The summed E-state index contributed by atoms with van der Waals surface area (Å²) < 4.78 is 5.07. The molecule has 3 rings (SSSR count). The molecule has 0 amide bonds. The van der Waals surface area contributed by atoms with Crippen LogP contribution in [0, 0.1) is 11.3 Å². The van der Waals surface area contributed by atoms with Crippen LogP contribution < -0.4 is 5.32 Å². The molecular formula is C13H7ClN6O. The zero-order valence-electron chi connectivity index (χ0n) is 10.5. The first-order valence-electron chi connectivity index (χ1n) is 5.83. The van der Waals surface area contributed by atoms with Gasteiger partial charge in [0.2, 0.25) is 5.82 Å². The molecule has 0 radical (unpaired) electrons. The van der Waals surface area contributed by atoms with E-state index in [9.17, 15) is 0 Å². The van der Waals surface area contributed by atoms with Gasteiger partial charge in [-0.15, -0.1) is 0 Å². The Labute approximate surface area is 124 Å². The normalized spacial score (nSPS) is 10.1. The molecule has 7 nitrogen and oxygen atoms in total. The monoisotopic (exact) mass is 298 g/mol. The molecule has 0 atom stereocenters. The SMILES string of the molecule is N#Cc1ccc(Nc2nc(-c3ccc(Cl)cn3)no2)cn1. The summed E-state index contributed by atoms with van der Waals surface area (Å²) in [6.07, 6.45) is 3.01. The maximum Gasteiger partial charge on any atom is 0.326 e. The Balaban J connectivity index is 1.78. The molecule has 0 aliphatic carbocycles. The number of aromatic nitrogens is 4. The summed E-state index contributed by atoms with van der Waals surface area (Å²) in [4.78, 5) is 12.2. The molecule has 0 saturated heterocycles. The van der Waals surface area contributed by atoms with Crippen LogP contribution in [0.4, 0.5) is 11.7 Å². The Morgan fingerprint density at radius 3 is 2.71 bits per heavy atom. The van der Waals surface area contributed by atoms with Crippen LogP contribution in [-0.2, 0) is 0 Å². The molecule has 3 aromatic rings. The number of anilines is 2. The molecule has 0 saturated carbocycles. The zero-order valence-corrected chi connectivity index (χ0v) is 11.2. The van der Waals surface area contributed by atoms with E-state index < -0.39 is 0 Å². The highest BCUT2D eigenvalue weighted by atomic mass is 35.5. The molecule has 0 aromatic carbocycles. The lowest BCUT2D eigenvalue weighted by molar-refractivity contribution is 0.435. The second kappa shape index (κ2) is 5.56. The van der Waals surface area contributed by atoms with Gasteiger partial charge in [-0.3, -0.25) is 4.98 Å². The van der Waals surface area contributed by atoms with Gasteiger partial charge in [0.1, 0.15) is 17.5 Å². The number of halogens is 1. The fourth-order valence-electron chi connectivity index (χ4n) is 1.54. The predicted molar refractivity (Wildman–Crippen MR) is 74.8 cm³/mol. The van der Waals surface area contributed by atoms with Gasteiger partial charge in [-0.25, -0.2) is 4.98 Å². The molecule has 0 spiro atoms. The van der Waals surface area contributed by atoms with E-state index >= 15 is 0 Å². The highest BCUT2D eigenvalue weighted by Gasteiger charge is 2.10. The predicted octanol–water partition coefficient (Wildman–Crippen LogP) is 2.80. The number of pyridine rings is 2. The maximum atomic E-state index is 8.68. The van der Waals surface area contributed by atoms with Crippen LogP contribution >= 0.6 is 11.6 Å². The molecule has 1 N–H and O–H groups in total. The van der Waals surface area contributed by atoms with Gasteiger partial charge in [-0.05, 0) is 24.3 Å². The third kappa shape index (κ3) is 2.96. The molecule has 102 valence electrons. The van der Waals surface area contributed by atoms with Crippen molar-refractivity contribution in [1.29, 1.82) is 5.26 Å². The highest BCUT2D eigenvalue weighted by molar-refractivity contribution is 6.30. The molecule has 0 fully saturated rings. The number of nitrogens with zero attached hydrogens (tertiary/aromatic N) is 5. The molecule has 0 aliphatic rings. The third-order valence-corrected chi connectivity index (χ3v) is 2.74. The van der Waals surface area contributed by atoms with E-state index in [1.807, 2.05) is 6.07 Å². The van der Waals surface area contributed by atoms with Gasteiger partial charge in [0, 0.05) is 6.20 Å². The molecule has 0 unspecified atom stereocenters. The topological polar surface area (TPSA) is 101 Å². The van der Waals surface area contributed by atoms with Crippen LogP contribution in [-0.4, -0.2) is 20.1 Å². The summed E-state index contributed by atoms with van der Waals surface area (Å²) in [6, 6.07) is 8.80. The number of rotatable bonds is 3. The van der Waals surface area contributed by atoms with Crippen LogP contribution in [0.15, 0.2) is 41.2 Å². The van der Waals surface area contributed by atoms with Gasteiger partial charge < -0.3 is 9.84 Å². The number of hydrogen-bond donors (Lipinski definition) is 1. The largest absolute Gasteiger partial charge is 0.326 e. The van der Waals surface area contributed by atoms with Crippen molar-refractivity contribution in [1.82, 2.24) is 20.1 Å². The zero-order chi connectivity index (χ0) is 14.7. The number of nitriles is 1. The fourth-order valence-corrected chi connectivity index (χ4v) is 1.66. The van der Waals surface area contributed by atoms with E-state index in [0.717, 1.165) is 0 Å². The van der Waals surface area contributed by atoms with Gasteiger partial charge in [0.05, 0.1) is 16.9 Å². The average molecular weight is 299 g/mol. The Hall–Kier alpha value is -2.98. The molecule has 8 heteroatoms. The molecule has 3 aromatic heterocycles. The summed E-state index contributed by atoms with van der Waals surface area (Å²) in [5.74, 6) is 0.343. The summed E-state index contributed by atoms with van der Waals surface area (Å²) in [6.45, 7) is 0.